The number of nitrogens with two attached hydrogens (primary N) is 1. The highest BCUT2D eigenvalue weighted by Gasteiger charge is 2.29. The van der Waals surface area contributed by atoms with E-state index in [1.807, 2.05) is 13.8 Å². The van der Waals surface area contributed by atoms with Gasteiger partial charge in [0.05, 0.1) is 0 Å². The van der Waals surface area contributed by atoms with Crippen molar-refractivity contribution >= 4 is 5.91 Å². The number of aromatic hydroxyl groups is 1. The number of carbonyl (C=O) groups is 1. The van der Waals surface area contributed by atoms with Gasteiger partial charge in [0.1, 0.15) is 5.75 Å². The molecular formula is C21H36N2O2. The molecule has 142 valence electrons. The monoisotopic (exact) mass is 348 g/mol. The zero-order chi connectivity index (χ0) is 19.6. The van der Waals surface area contributed by atoms with Gasteiger partial charge in [-0.2, -0.15) is 0 Å². The highest BCUT2D eigenvalue weighted by Crippen LogP contribution is 2.42. The number of benzene rings is 1. The van der Waals surface area contributed by atoms with Crippen molar-refractivity contribution in [2.45, 2.75) is 85.1 Å². The maximum absolute atomic E-state index is 12.0. The van der Waals surface area contributed by atoms with Crippen LogP contribution in [0.25, 0.3) is 0 Å². The predicted octanol–water partition coefficient (Wildman–Crippen LogP) is 3.69. The van der Waals surface area contributed by atoms with Crippen molar-refractivity contribution in [3.05, 3.63) is 28.3 Å². The molecular weight excluding hydrogens is 312 g/mol. The Kier molecular flexibility index (Phi) is 6.68. The number of hydrogen-bond donors (Lipinski definition) is 3. The molecule has 0 heterocycles. The van der Waals surface area contributed by atoms with Gasteiger partial charge in [-0.25, -0.2) is 0 Å². The molecule has 0 saturated carbocycles. The second-order valence-corrected chi connectivity index (χ2v) is 9.21. The van der Waals surface area contributed by atoms with Crippen LogP contribution < -0.4 is 11.1 Å². The summed E-state index contributed by atoms with van der Waals surface area (Å²) in [6, 6.07) is 2.03. The molecule has 0 aliphatic rings. The van der Waals surface area contributed by atoms with Crippen molar-refractivity contribution in [2.75, 3.05) is 6.54 Å². The zero-order valence-electron chi connectivity index (χ0n) is 17.2. The van der Waals surface area contributed by atoms with Gasteiger partial charge in [-0.1, -0.05) is 47.6 Å². The van der Waals surface area contributed by atoms with E-state index in [-0.39, 0.29) is 22.8 Å². The first-order valence-electron chi connectivity index (χ1n) is 9.13. The highest BCUT2D eigenvalue weighted by atomic mass is 16.3. The van der Waals surface area contributed by atoms with Gasteiger partial charge in [-0.15, -0.1) is 0 Å². The number of phenols is 1. The van der Waals surface area contributed by atoms with E-state index in [9.17, 15) is 9.90 Å². The fourth-order valence-electron chi connectivity index (χ4n) is 3.18. The molecule has 25 heavy (non-hydrogen) atoms. The Morgan fingerprint density at radius 1 is 1.20 bits per heavy atom. The molecule has 4 N–H and O–H groups in total. The molecule has 1 rings (SSSR count). The van der Waals surface area contributed by atoms with Gasteiger partial charge < -0.3 is 16.2 Å². The summed E-state index contributed by atoms with van der Waals surface area (Å²) < 4.78 is 0. The van der Waals surface area contributed by atoms with Crippen molar-refractivity contribution in [2.24, 2.45) is 5.73 Å². The topological polar surface area (TPSA) is 75.4 Å². The maximum atomic E-state index is 12.0. The third-order valence-corrected chi connectivity index (χ3v) is 4.47. The summed E-state index contributed by atoms with van der Waals surface area (Å²) in [5.41, 5.74) is 9.48. The standard InChI is InChI=1S/C21H36N2O2/c1-13(22)12-23-17(24)10-9-15-11-16(20(3,4)5)19(25)18(14(15)2)21(6,7)8/h11,13,25H,9-10,12,22H2,1-8H3,(H,23,24). The first-order valence-corrected chi connectivity index (χ1v) is 9.13. The van der Waals surface area contributed by atoms with Gasteiger partial charge >= 0.3 is 0 Å². The molecule has 4 heteroatoms. The van der Waals surface area contributed by atoms with E-state index in [4.69, 9.17) is 5.73 Å². The van der Waals surface area contributed by atoms with Crippen molar-refractivity contribution < 1.29 is 9.90 Å². The van der Waals surface area contributed by atoms with Crippen molar-refractivity contribution in [1.82, 2.24) is 5.32 Å². The molecule has 0 bridgehead atoms. The molecule has 0 aliphatic heterocycles. The fourth-order valence-corrected chi connectivity index (χ4v) is 3.18. The van der Waals surface area contributed by atoms with E-state index in [2.05, 4.69) is 52.9 Å². The Bertz CT molecular complexity index is 620. The zero-order valence-corrected chi connectivity index (χ0v) is 17.2. The van der Waals surface area contributed by atoms with Gasteiger partial charge in [-0.3, -0.25) is 4.79 Å². The van der Waals surface area contributed by atoms with Crippen molar-refractivity contribution in [3.63, 3.8) is 0 Å². The quantitative estimate of drug-likeness (QED) is 0.759. The van der Waals surface area contributed by atoms with E-state index < -0.39 is 0 Å². The Balaban J connectivity index is 3.21. The third kappa shape index (κ3) is 5.74. The largest absolute Gasteiger partial charge is 0.507 e. The number of amides is 1. The number of hydrogen-bond acceptors (Lipinski definition) is 3. The molecule has 4 nitrogen and oxygen atoms in total. The summed E-state index contributed by atoms with van der Waals surface area (Å²) in [4.78, 5) is 12.0. The normalized spacial score (nSPS) is 13.6. The third-order valence-electron chi connectivity index (χ3n) is 4.47. The molecule has 1 unspecified atom stereocenters. The molecule has 0 fully saturated rings. The lowest BCUT2D eigenvalue weighted by Crippen LogP contribution is -2.35. The predicted molar refractivity (Wildman–Crippen MR) is 105 cm³/mol. The first kappa shape index (κ1) is 21.5. The molecule has 1 aromatic carbocycles. The molecule has 0 saturated heterocycles. The van der Waals surface area contributed by atoms with Crippen LogP contribution in [0.15, 0.2) is 6.07 Å². The molecule has 0 spiro atoms. The molecule has 0 aliphatic carbocycles. The summed E-state index contributed by atoms with van der Waals surface area (Å²) >= 11 is 0. The van der Waals surface area contributed by atoms with E-state index >= 15 is 0 Å². The smallest absolute Gasteiger partial charge is 0.220 e. The van der Waals surface area contributed by atoms with E-state index in [1.54, 1.807) is 0 Å². The summed E-state index contributed by atoms with van der Waals surface area (Å²) in [6.07, 6.45) is 1.08. The van der Waals surface area contributed by atoms with Gasteiger partial charge in [0.25, 0.3) is 0 Å². The molecule has 1 amide bonds. The van der Waals surface area contributed by atoms with E-state index in [0.717, 1.165) is 22.3 Å². The van der Waals surface area contributed by atoms with Gasteiger partial charge in [0.2, 0.25) is 5.91 Å². The maximum Gasteiger partial charge on any atom is 0.220 e. The number of nitrogens with one attached hydrogen (secondary N) is 1. The van der Waals surface area contributed by atoms with Crippen LogP contribution in [0.5, 0.6) is 5.75 Å². The SMILES string of the molecule is Cc1c(CCC(=O)NCC(C)N)cc(C(C)(C)C)c(O)c1C(C)(C)C. The summed E-state index contributed by atoms with van der Waals surface area (Å²) in [5, 5.41) is 13.8. The fraction of sp³-hybridized carbons (Fsp3) is 0.667. The summed E-state index contributed by atoms with van der Waals surface area (Å²) in [6.45, 7) is 17.0. The number of aryl methyl sites for hydroxylation is 1. The first-order chi connectivity index (χ1) is 11.2. The minimum Gasteiger partial charge on any atom is -0.507 e. The van der Waals surface area contributed by atoms with Crippen LogP contribution in [0.1, 0.15) is 77.1 Å². The van der Waals surface area contributed by atoms with Crippen LogP contribution in [-0.2, 0) is 22.0 Å². The Hall–Kier alpha value is -1.55. The number of carbonyl (C=O) groups excluding carboxylic acids is 1. The lowest BCUT2D eigenvalue weighted by atomic mass is 9.75. The lowest BCUT2D eigenvalue weighted by molar-refractivity contribution is -0.121. The van der Waals surface area contributed by atoms with Gasteiger partial charge in [-0.05, 0) is 47.8 Å². The highest BCUT2D eigenvalue weighted by molar-refractivity contribution is 5.76. The molecule has 1 aromatic rings. The average Bonchev–Trinajstić information content (AvgIpc) is 2.41. The Labute approximate surface area is 153 Å². The van der Waals surface area contributed by atoms with Crippen LogP contribution >= 0.6 is 0 Å². The second-order valence-electron chi connectivity index (χ2n) is 9.21. The Morgan fingerprint density at radius 2 is 1.76 bits per heavy atom. The Morgan fingerprint density at radius 3 is 2.20 bits per heavy atom. The summed E-state index contributed by atoms with van der Waals surface area (Å²) in [5.74, 6) is 0.405. The second kappa shape index (κ2) is 7.77. The molecule has 0 radical (unpaired) electrons. The van der Waals surface area contributed by atoms with E-state index in [0.29, 0.717) is 25.1 Å². The van der Waals surface area contributed by atoms with Gasteiger partial charge in [0.15, 0.2) is 0 Å². The van der Waals surface area contributed by atoms with Crippen LogP contribution in [0.2, 0.25) is 0 Å². The van der Waals surface area contributed by atoms with E-state index in [1.165, 1.54) is 0 Å². The van der Waals surface area contributed by atoms with Gasteiger partial charge in [0, 0.05) is 24.6 Å². The number of rotatable bonds is 5. The van der Waals surface area contributed by atoms with Crippen molar-refractivity contribution in [1.29, 1.82) is 0 Å². The van der Waals surface area contributed by atoms with Crippen molar-refractivity contribution in [3.8, 4) is 5.75 Å². The molecule has 1 atom stereocenters. The number of phenolic OH excluding ortho intramolecular Hbond substituents is 1. The average molecular weight is 349 g/mol. The van der Waals surface area contributed by atoms with Crippen LogP contribution in [0, 0.1) is 6.92 Å². The summed E-state index contributed by atoms with van der Waals surface area (Å²) in [7, 11) is 0. The lowest BCUT2D eigenvalue weighted by Gasteiger charge is -2.30. The minimum atomic E-state index is -0.165. The van der Waals surface area contributed by atoms with Crippen LogP contribution in [0.3, 0.4) is 0 Å². The molecule has 0 aromatic heterocycles. The minimum absolute atomic E-state index is 0.0133. The van der Waals surface area contributed by atoms with Crippen LogP contribution in [-0.4, -0.2) is 23.6 Å². The van der Waals surface area contributed by atoms with Crippen LogP contribution in [0.4, 0.5) is 0 Å².